The number of amides is 2. The lowest BCUT2D eigenvalue weighted by Gasteiger charge is -2.40. The topological polar surface area (TPSA) is 58.6 Å². The molecule has 1 aromatic carbocycles. The van der Waals surface area contributed by atoms with Gasteiger partial charge in [-0.05, 0) is 42.5 Å². The van der Waals surface area contributed by atoms with Crippen LogP contribution < -0.4 is 10.1 Å². The van der Waals surface area contributed by atoms with Crippen LogP contribution >= 0.6 is 0 Å². The summed E-state index contributed by atoms with van der Waals surface area (Å²) in [7, 11) is 0. The van der Waals surface area contributed by atoms with E-state index in [1.54, 1.807) is 0 Å². The summed E-state index contributed by atoms with van der Waals surface area (Å²) in [5, 5.41) is 2.77. The Kier molecular flexibility index (Phi) is 5.97. The molecule has 1 N–H and O–H groups in total. The van der Waals surface area contributed by atoms with Crippen molar-refractivity contribution in [2.24, 2.45) is 17.8 Å². The third-order valence-electron chi connectivity index (χ3n) is 5.94. The number of carbonyl (C=O) groups excluding carboxylic acids is 2. The number of ether oxygens (including phenoxy) is 1. The molecule has 0 bridgehead atoms. The lowest BCUT2D eigenvalue weighted by molar-refractivity contribution is -0.131. The highest BCUT2D eigenvalue weighted by Gasteiger charge is 2.41. The molecule has 1 saturated heterocycles. The first-order chi connectivity index (χ1) is 12.8. The van der Waals surface area contributed by atoms with Crippen molar-refractivity contribution in [3.8, 4) is 5.75 Å². The van der Waals surface area contributed by atoms with E-state index in [1.807, 2.05) is 4.90 Å². The van der Waals surface area contributed by atoms with Crippen LogP contribution in [0, 0.1) is 17.8 Å². The Balaban J connectivity index is 1.59. The molecule has 0 radical (unpaired) electrons. The van der Waals surface area contributed by atoms with Gasteiger partial charge in [-0.15, -0.1) is 0 Å². The first kappa shape index (κ1) is 19.6. The Morgan fingerprint density at radius 3 is 2.59 bits per heavy atom. The van der Waals surface area contributed by atoms with Crippen molar-refractivity contribution < 1.29 is 23.1 Å². The molecular weight excluding hydrogens is 354 g/mol. The molecule has 2 aliphatic rings. The van der Waals surface area contributed by atoms with Gasteiger partial charge in [0.2, 0.25) is 11.8 Å². The molecule has 4 atom stereocenters. The van der Waals surface area contributed by atoms with Crippen LogP contribution in [0.25, 0.3) is 0 Å². The highest BCUT2D eigenvalue weighted by atomic mass is 19.3. The molecule has 0 spiro atoms. The average molecular weight is 380 g/mol. The van der Waals surface area contributed by atoms with Crippen LogP contribution in [0.2, 0.25) is 0 Å². The van der Waals surface area contributed by atoms with Crippen LogP contribution in [-0.2, 0) is 9.59 Å². The number of alkyl halides is 2. The largest absolute Gasteiger partial charge is 0.435 e. The average Bonchev–Trinajstić information content (AvgIpc) is 3.00. The van der Waals surface area contributed by atoms with Gasteiger partial charge in [0.15, 0.2) is 0 Å². The zero-order chi connectivity index (χ0) is 19.6. The quantitative estimate of drug-likeness (QED) is 0.843. The van der Waals surface area contributed by atoms with E-state index in [1.165, 1.54) is 30.7 Å². The predicted octanol–water partition coefficient (Wildman–Crippen LogP) is 3.90. The summed E-state index contributed by atoms with van der Waals surface area (Å²) in [4.78, 5) is 26.9. The minimum Gasteiger partial charge on any atom is -0.435 e. The second kappa shape index (κ2) is 8.23. The fourth-order valence-corrected chi connectivity index (χ4v) is 4.19. The highest BCUT2D eigenvalue weighted by molar-refractivity contribution is 5.97. The zero-order valence-electron chi connectivity index (χ0n) is 15.7. The summed E-state index contributed by atoms with van der Waals surface area (Å²) in [6.07, 6.45) is 3.52. The molecule has 1 aliphatic carbocycles. The molecule has 1 aromatic rings. The maximum atomic E-state index is 12.6. The number of nitrogens with one attached hydrogen (secondary N) is 1. The Labute approximate surface area is 158 Å². The molecule has 3 rings (SSSR count). The molecule has 5 nitrogen and oxygen atoms in total. The lowest BCUT2D eigenvalue weighted by atomic mass is 9.77. The first-order valence-corrected chi connectivity index (χ1v) is 9.50. The number of likely N-dealkylation sites (tertiary alicyclic amines) is 1. The van der Waals surface area contributed by atoms with Crippen molar-refractivity contribution in [2.75, 3.05) is 11.9 Å². The van der Waals surface area contributed by atoms with Crippen molar-refractivity contribution in [3.05, 3.63) is 24.3 Å². The third kappa shape index (κ3) is 4.57. The van der Waals surface area contributed by atoms with E-state index in [2.05, 4.69) is 23.9 Å². The molecule has 0 unspecified atom stereocenters. The van der Waals surface area contributed by atoms with Gasteiger partial charge < -0.3 is 15.0 Å². The van der Waals surface area contributed by atoms with Gasteiger partial charge in [0.1, 0.15) is 5.75 Å². The molecule has 1 saturated carbocycles. The van der Waals surface area contributed by atoms with Crippen molar-refractivity contribution in [1.82, 2.24) is 4.90 Å². The highest BCUT2D eigenvalue weighted by Crippen LogP contribution is 2.36. The fourth-order valence-electron chi connectivity index (χ4n) is 4.19. The standard InChI is InChI=1S/C20H26F2N2O3/c1-12-4-3-5-17(13(12)2)24-11-14(10-18(24)25)19(26)23-15-6-8-16(9-7-15)27-20(21)22/h6-9,12-14,17,20H,3-5,10-11H2,1-2H3,(H,23,26)/t12-,13-,14-,17-/m1/s1. The molecule has 7 heteroatoms. The van der Waals surface area contributed by atoms with Gasteiger partial charge in [-0.2, -0.15) is 8.78 Å². The van der Waals surface area contributed by atoms with E-state index in [0.717, 1.165) is 12.8 Å². The molecule has 148 valence electrons. The summed E-state index contributed by atoms with van der Waals surface area (Å²) in [6.45, 7) is 1.98. The Morgan fingerprint density at radius 1 is 1.22 bits per heavy atom. The molecular formula is C20H26F2N2O3. The molecule has 1 heterocycles. The minimum atomic E-state index is -2.88. The normalized spacial score (nSPS) is 28.5. The van der Waals surface area contributed by atoms with Crippen LogP contribution in [0.4, 0.5) is 14.5 Å². The maximum absolute atomic E-state index is 12.6. The molecule has 1 aliphatic heterocycles. The molecule has 27 heavy (non-hydrogen) atoms. The number of benzene rings is 1. The maximum Gasteiger partial charge on any atom is 0.387 e. The minimum absolute atomic E-state index is 0.0330. The smallest absolute Gasteiger partial charge is 0.387 e. The van der Waals surface area contributed by atoms with Crippen LogP contribution in [-0.4, -0.2) is 35.9 Å². The number of rotatable bonds is 5. The summed E-state index contributed by atoms with van der Waals surface area (Å²) in [5.74, 6) is 0.488. The number of carbonyl (C=O) groups is 2. The van der Waals surface area contributed by atoms with Crippen LogP contribution in [0.1, 0.15) is 39.5 Å². The van der Waals surface area contributed by atoms with Gasteiger partial charge in [0, 0.05) is 24.7 Å². The zero-order valence-corrected chi connectivity index (χ0v) is 15.7. The summed E-state index contributed by atoms with van der Waals surface area (Å²) in [5.41, 5.74) is 0.493. The predicted molar refractivity (Wildman–Crippen MR) is 97.5 cm³/mol. The van der Waals surface area contributed by atoms with Crippen LogP contribution in [0.15, 0.2) is 24.3 Å². The van der Waals surface area contributed by atoms with E-state index in [9.17, 15) is 18.4 Å². The lowest BCUT2D eigenvalue weighted by Crippen LogP contribution is -2.45. The fraction of sp³-hybridized carbons (Fsp3) is 0.600. The SMILES string of the molecule is C[C@@H]1[C@H](C)CCC[C@H]1N1C[C@H](C(=O)Nc2ccc(OC(F)F)cc2)CC1=O. The molecule has 2 fully saturated rings. The van der Waals surface area contributed by atoms with Crippen LogP contribution in [0.3, 0.4) is 0 Å². The van der Waals surface area contributed by atoms with E-state index in [0.29, 0.717) is 24.1 Å². The van der Waals surface area contributed by atoms with Gasteiger partial charge in [-0.25, -0.2) is 0 Å². The Bertz CT molecular complexity index is 680. The van der Waals surface area contributed by atoms with E-state index < -0.39 is 6.61 Å². The summed E-state index contributed by atoms with van der Waals surface area (Å²) in [6, 6.07) is 5.98. The number of nitrogens with zero attached hydrogens (tertiary/aromatic N) is 1. The number of hydrogen-bond donors (Lipinski definition) is 1. The van der Waals surface area contributed by atoms with Crippen molar-refractivity contribution >= 4 is 17.5 Å². The second-order valence-electron chi connectivity index (χ2n) is 7.67. The first-order valence-electron chi connectivity index (χ1n) is 9.50. The van der Waals surface area contributed by atoms with Crippen molar-refractivity contribution in [2.45, 2.75) is 52.2 Å². The van der Waals surface area contributed by atoms with Crippen molar-refractivity contribution in [3.63, 3.8) is 0 Å². The summed E-state index contributed by atoms with van der Waals surface area (Å²) >= 11 is 0. The number of hydrogen-bond acceptors (Lipinski definition) is 3. The van der Waals surface area contributed by atoms with E-state index in [4.69, 9.17) is 0 Å². The molecule has 0 aromatic heterocycles. The van der Waals surface area contributed by atoms with Crippen molar-refractivity contribution in [1.29, 1.82) is 0 Å². The van der Waals surface area contributed by atoms with Gasteiger partial charge in [0.25, 0.3) is 0 Å². The number of halogens is 2. The Hall–Kier alpha value is -2.18. The van der Waals surface area contributed by atoms with Crippen LogP contribution in [0.5, 0.6) is 5.75 Å². The van der Waals surface area contributed by atoms with E-state index >= 15 is 0 Å². The van der Waals surface area contributed by atoms with Gasteiger partial charge in [-0.1, -0.05) is 26.7 Å². The monoisotopic (exact) mass is 380 g/mol. The van der Waals surface area contributed by atoms with E-state index in [-0.39, 0.29) is 35.9 Å². The van der Waals surface area contributed by atoms with Gasteiger partial charge in [-0.3, -0.25) is 9.59 Å². The van der Waals surface area contributed by atoms with Gasteiger partial charge in [0.05, 0.1) is 5.92 Å². The Morgan fingerprint density at radius 2 is 1.93 bits per heavy atom. The molecule has 2 amide bonds. The third-order valence-corrected chi connectivity index (χ3v) is 5.94. The second-order valence-corrected chi connectivity index (χ2v) is 7.67. The number of anilines is 1. The van der Waals surface area contributed by atoms with Gasteiger partial charge >= 0.3 is 6.61 Å². The summed E-state index contributed by atoms with van der Waals surface area (Å²) < 4.78 is 28.7.